The summed E-state index contributed by atoms with van der Waals surface area (Å²) in [6, 6.07) is 3.88. The summed E-state index contributed by atoms with van der Waals surface area (Å²) in [6.07, 6.45) is 5.09. The molecule has 1 aliphatic rings. The Hall–Kier alpha value is -2.01. The van der Waals surface area contributed by atoms with Crippen LogP contribution in [0.1, 0.15) is 44.2 Å². The molecule has 1 amide bonds. The van der Waals surface area contributed by atoms with Gasteiger partial charge in [0, 0.05) is 12.7 Å². The van der Waals surface area contributed by atoms with Crippen molar-refractivity contribution >= 4 is 49.8 Å². The van der Waals surface area contributed by atoms with E-state index in [-0.39, 0.29) is 34.8 Å². The van der Waals surface area contributed by atoms with Crippen LogP contribution in [0.3, 0.4) is 0 Å². The number of benzene rings is 1. The Bertz CT molecular complexity index is 1110. The van der Waals surface area contributed by atoms with E-state index < -0.39 is 21.8 Å². The summed E-state index contributed by atoms with van der Waals surface area (Å²) in [5.41, 5.74) is 7.16. The second-order valence-corrected chi connectivity index (χ2v) is 11.3. The number of aromatic nitrogens is 1. The lowest BCUT2D eigenvalue weighted by molar-refractivity contribution is -0.150. The summed E-state index contributed by atoms with van der Waals surface area (Å²) in [4.78, 5) is 29.5. The highest BCUT2D eigenvalue weighted by atomic mass is 35.5. The van der Waals surface area contributed by atoms with Gasteiger partial charge >= 0.3 is 5.97 Å². The number of amides is 1. The minimum atomic E-state index is -3.49. The van der Waals surface area contributed by atoms with Crippen LogP contribution in [0.2, 0.25) is 5.02 Å². The number of halogens is 1. The van der Waals surface area contributed by atoms with Crippen molar-refractivity contribution in [2.24, 2.45) is 5.73 Å². The van der Waals surface area contributed by atoms with Gasteiger partial charge in [0.1, 0.15) is 12.1 Å². The van der Waals surface area contributed by atoms with Gasteiger partial charge in [-0.3, -0.25) is 9.59 Å². The van der Waals surface area contributed by atoms with Crippen LogP contribution in [0.25, 0.3) is 10.4 Å². The minimum absolute atomic E-state index is 0.0357. The fourth-order valence-electron chi connectivity index (χ4n) is 3.49. The first kappa shape index (κ1) is 24.6. The maximum absolute atomic E-state index is 12.3. The quantitative estimate of drug-likeness (QED) is 0.529. The Kier molecular flexibility index (Phi) is 7.92. The third-order valence-electron chi connectivity index (χ3n) is 5.21. The molecule has 11 heteroatoms. The van der Waals surface area contributed by atoms with Crippen LogP contribution >= 0.6 is 22.9 Å². The van der Waals surface area contributed by atoms with E-state index in [9.17, 15) is 18.0 Å². The molecule has 0 bridgehead atoms. The highest BCUT2D eigenvalue weighted by Crippen LogP contribution is 2.35. The highest BCUT2D eigenvalue weighted by molar-refractivity contribution is 7.90. The number of aryl methyl sites for hydroxylation is 1. The molecular weight excluding hydrogens is 474 g/mol. The third kappa shape index (κ3) is 6.28. The van der Waals surface area contributed by atoms with Gasteiger partial charge in [-0.05, 0) is 56.7 Å². The lowest BCUT2D eigenvalue weighted by Gasteiger charge is -2.15. The Morgan fingerprint density at radius 3 is 2.69 bits per heavy atom. The fraction of sp³-hybridized carbons (Fsp3) is 0.476. The average molecular weight is 500 g/mol. The van der Waals surface area contributed by atoms with Gasteiger partial charge in [-0.25, -0.2) is 13.4 Å². The van der Waals surface area contributed by atoms with E-state index in [0.717, 1.165) is 36.8 Å². The van der Waals surface area contributed by atoms with Gasteiger partial charge in [0.05, 0.1) is 20.5 Å². The fourth-order valence-corrected chi connectivity index (χ4v) is 5.77. The number of rotatable bonds is 8. The Balaban J connectivity index is 1.60. The molecule has 1 aromatic heterocycles. The van der Waals surface area contributed by atoms with Gasteiger partial charge in [-0.15, -0.1) is 0 Å². The Labute approximate surface area is 196 Å². The number of hydrogen-bond donors (Lipinski definition) is 2. The molecule has 3 N–H and O–H groups in total. The molecule has 174 valence electrons. The number of esters is 1. The van der Waals surface area contributed by atoms with E-state index in [0.29, 0.717) is 16.4 Å². The van der Waals surface area contributed by atoms with Crippen molar-refractivity contribution in [2.45, 2.75) is 62.5 Å². The predicted molar refractivity (Wildman–Crippen MR) is 125 cm³/mol. The molecule has 2 aromatic rings. The predicted octanol–water partition coefficient (Wildman–Crippen LogP) is 3.71. The molecule has 1 aromatic carbocycles. The topological polar surface area (TPSA) is 128 Å². The van der Waals surface area contributed by atoms with Gasteiger partial charge in [0.15, 0.2) is 15.0 Å². The summed E-state index contributed by atoms with van der Waals surface area (Å²) in [7, 11) is -3.49. The lowest BCUT2D eigenvalue weighted by atomic mass is 10.1. The van der Waals surface area contributed by atoms with Crippen LogP contribution in [0.15, 0.2) is 23.1 Å². The largest absolute Gasteiger partial charge is 0.461 e. The van der Waals surface area contributed by atoms with Crippen molar-refractivity contribution in [2.75, 3.05) is 11.6 Å². The molecule has 1 heterocycles. The zero-order chi connectivity index (χ0) is 23.5. The molecular formula is C21H26ClN3O5S2. The Morgan fingerprint density at radius 1 is 1.34 bits per heavy atom. The molecule has 0 radical (unpaired) electrons. The van der Waals surface area contributed by atoms with Crippen LogP contribution in [0.4, 0.5) is 5.13 Å². The average Bonchev–Trinajstić information content (AvgIpc) is 3.35. The van der Waals surface area contributed by atoms with Crippen molar-refractivity contribution < 1.29 is 22.7 Å². The molecule has 1 atom stereocenters. The van der Waals surface area contributed by atoms with Gasteiger partial charge in [0.2, 0.25) is 5.91 Å². The van der Waals surface area contributed by atoms with E-state index in [4.69, 9.17) is 22.1 Å². The van der Waals surface area contributed by atoms with Crippen LogP contribution in [-0.4, -0.2) is 43.7 Å². The van der Waals surface area contributed by atoms with Gasteiger partial charge < -0.3 is 15.8 Å². The Morgan fingerprint density at radius 2 is 2.03 bits per heavy atom. The first-order valence-electron chi connectivity index (χ1n) is 10.3. The first-order chi connectivity index (χ1) is 15.0. The monoisotopic (exact) mass is 499 g/mol. The number of anilines is 1. The van der Waals surface area contributed by atoms with Crippen LogP contribution in [0, 0.1) is 6.92 Å². The second-order valence-electron chi connectivity index (χ2n) is 7.89. The minimum Gasteiger partial charge on any atom is -0.461 e. The zero-order valence-electron chi connectivity index (χ0n) is 17.9. The maximum Gasteiger partial charge on any atom is 0.323 e. The summed E-state index contributed by atoms with van der Waals surface area (Å²) in [6.45, 7) is 1.77. The number of nitrogens with zero attached hydrogens (tertiary/aromatic N) is 1. The number of carbonyl (C=O) groups is 2. The first-order valence-corrected chi connectivity index (χ1v) is 13.4. The molecule has 0 saturated heterocycles. The van der Waals surface area contributed by atoms with Gasteiger partial charge in [-0.2, -0.15) is 0 Å². The summed E-state index contributed by atoms with van der Waals surface area (Å²) in [5, 5.41) is 3.24. The molecule has 0 aliphatic heterocycles. The second kappa shape index (κ2) is 10.3. The molecule has 8 nitrogen and oxygen atoms in total. The molecule has 3 rings (SSSR count). The molecule has 32 heavy (non-hydrogen) atoms. The number of hydrogen-bond acceptors (Lipinski definition) is 8. The van der Waals surface area contributed by atoms with Crippen LogP contribution < -0.4 is 11.1 Å². The number of sulfone groups is 1. The van der Waals surface area contributed by atoms with Crippen molar-refractivity contribution in [3.63, 3.8) is 0 Å². The lowest BCUT2D eigenvalue weighted by Crippen LogP contribution is -2.35. The smallest absolute Gasteiger partial charge is 0.323 e. The number of nitrogens with two attached hydrogens (primary N) is 1. The number of nitrogens with one attached hydrogen (secondary N) is 1. The molecule has 0 spiro atoms. The van der Waals surface area contributed by atoms with E-state index in [1.807, 2.05) is 0 Å². The molecule has 1 aliphatic carbocycles. The van der Waals surface area contributed by atoms with E-state index >= 15 is 0 Å². The van der Waals surface area contributed by atoms with E-state index in [1.165, 1.54) is 23.5 Å². The number of ether oxygens (including phenoxy) is 1. The van der Waals surface area contributed by atoms with Gasteiger partial charge in [0.25, 0.3) is 0 Å². The molecule has 0 unspecified atom stereocenters. The zero-order valence-corrected chi connectivity index (χ0v) is 20.3. The normalized spacial score (nSPS) is 15.5. The number of carbonyl (C=O) groups excluding carboxylic acids is 2. The summed E-state index contributed by atoms with van der Waals surface area (Å²) < 4.78 is 29.3. The molecule has 1 saturated carbocycles. The van der Waals surface area contributed by atoms with Crippen molar-refractivity contribution in [1.82, 2.24) is 4.98 Å². The van der Waals surface area contributed by atoms with E-state index in [1.54, 1.807) is 13.0 Å². The van der Waals surface area contributed by atoms with Crippen molar-refractivity contribution in [3.8, 4) is 10.4 Å². The van der Waals surface area contributed by atoms with Gasteiger partial charge in [-0.1, -0.05) is 29.0 Å². The van der Waals surface area contributed by atoms with Crippen molar-refractivity contribution in [1.29, 1.82) is 0 Å². The third-order valence-corrected chi connectivity index (χ3v) is 7.91. The summed E-state index contributed by atoms with van der Waals surface area (Å²) >= 11 is 7.24. The van der Waals surface area contributed by atoms with E-state index in [2.05, 4.69) is 10.3 Å². The van der Waals surface area contributed by atoms with Crippen LogP contribution in [0.5, 0.6) is 0 Å². The van der Waals surface area contributed by atoms with Crippen molar-refractivity contribution in [3.05, 3.63) is 28.9 Å². The van der Waals surface area contributed by atoms with Crippen LogP contribution in [-0.2, 0) is 24.2 Å². The maximum atomic E-state index is 12.3. The summed E-state index contributed by atoms with van der Waals surface area (Å²) in [5.74, 6) is -0.788. The molecule has 1 fully saturated rings. The standard InChI is InChI=1S/C21H26ClN3O5S2/c1-12-19(13-7-8-15(22)17(11-13)32(2,28)29)31-21(24-12)25-18(26)10-9-16(23)20(27)30-14-5-3-4-6-14/h7-8,11,14,16H,3-6,9-10,23H2,1-2H3,(H,24,25,26)/t16-/m0/s1. The highest BCUT2D eigenvalue weighted by Gasteiger charge is 2.24. The SMILES string of the molecule is Cc1nc(NC(=O)CC[C@H](N)C(=O)OC2CCCC2)sc1-c1ccc(Cl)c(S(C)(=O)=O)c1. The number of thiazole rings is 1.